The first-order chi connectivity index (χ1) is 9.79. The lowest BCUT2D eigenvalue weighted by molar-refractivity contribution is 0.667. The van der Waals surface area contributed by atoms with E-state index < -0.39 is 7.33 Å². The molecule has 0 aliphatic heterocycles. The van der Waals surface area contributed by atoms with Crippen LogP contribution in [0.3, 0.4) is 0 Å². The van der Waals surface area contributed by atoms with Crippen LogP contribution in [0, 0.1) is 23.7 Å². The van der Waals surface area contributed by atoms with E-state index in [1.54, 1.807) is 11.0 Å². The molecule has 0 saturated heterocycles. The van der Waals surface area contributed by atoms with Gasteiger partial charge in [0.2, 0.25) is 0 Å². The molecule has 0 amide bonds. The summed E-state index contributed by atoms with van der Waals surface area (Å²) in [5.41, 5.74) is 6.63. The van der Waals surface area contributed by atoms with E-state index >= 15 is 0 Å². The maximum absolute atomic E-state index is 6.63. The van der Waals surface area contributed by atoms with Crippen molar-refractivity contribution in [3.05, 3.63) is 0 Å². The van der Waals surface area contributed by atoms with E-state index in [0.717, 1.165) is 27.3 Å². The van der Waals surface area contributed by atoms with E-state index in [-0.39, 0.29) is 0 Å². The Kier molecular flexibility index (Phi) is 7.38. The SMILES string of the molecule is CC(C)CS(CC(C)C)(CC(C)C)(CC(C)C)(SN)C(N)=S. The minimum absolute atomic E-state index is 0.537. The van der Waals surface area contributed by atoms with Crippen LogP contribution in [0.25, 0.3) is 0 Å². The molecular formula is C17H40N2S3. The van der Waals surface area contributed by atoms with Gasteiger partial charge in [-0.15, -0.1) is 0 Å². The lowest BCUT2D eigenvalue weighted by atomic mass is 10.2. The summed E-state index contributed by atoms with van der Waals surface area (Å²) < 4.78 is 0.734. The maximum atomic E-state index is 6.63. The van der Waals surface area contributed by atoms with Crippen molar-refractivity contribution in [3.63, 3.8) is 0 Å². The fourth-order valence-electron chi connectivity index (χ4n) is 4.98. The van der Waals surface area contributed by atoms with Gasteiger partial charge in [0.15, 0.2) is 0 Å². The molecule has 0 rings (SSSR count). The Morgan fingerprint density at radius 2 is 1.00 bits per heavy atom. The molecule has 22 heavy (non-hydrogen) atoms. The number of thiocarbonyl (C=S) groups is 1. The first-order valence-corrected chi connectivity index (χ1v) is 13.4. The van der Waals surface area contributed by atoms with Crippen LogP contribution in [-0.4, -0.2) is 27.3 Å². The molecule has 136 valence electrons. The molecule has 0 saturated carbocycles. The highest BCUT2D eigenvalue weighted by atomic mass is 33.2. The maximum Gasteiger partial charge on any atom is 0.110 e. The normalized spacial score (nSPS) is 16.4. The zero-order chi connectivity index (χ0) is 17.8. The van der Waals surface area contributed by atoms with Gasteiger partial charge in [-0.05, 0) is 57.7 Å². The predicted octanol–water partition coefficient (Wildman–Crippen LogP) is 5.25. The molecule has 0 unspecified atom stereocenters. The molecule has 0 aromatic rings. The molecular weight excluding hydrogens is 328 g/mol. The van der Waals surface area contributed by atoms with Gasteiger partial charge >= 0.3 is 0 Å². The lowest BCUT2D eigenvalue weighted by Gasteiger charge is -2.79. The van der Waals surface area contributed by atoms with Crippen LogP contribution in [0.2, 0.25) is 0 Å². The standard InChI is InChI=1S/C17H40N2S3/c1-13(2)9-22(21-19,17(18)20,10-14(3)4,11-15(5)6)12-16(7)8/h13-16H,9-12,19H2,1-8H3,(H2,18,20). The number of hydrogen-bond acceptors (Lipinski definition) is 3. The molecule has 4 N–H and O–H groups in total. The van der Waals surface area contributed by atoms with Crippen LogP contribution >= 0.6 is 30.5 Å². The van der Waals surface area contributed by atoms with Crippen molar-refractivity contribution < 1.29 is 0 Å². The minimum Gasteiger partial charge on any atom is -0.386 e. The molecule has 0 fully saturated rings. The summed E-state index contributed by atoms with van der Waals surface area (Å²) in [6.45, 7) is 18.3. The van der Waals surface area contributed by atoms with Crippen molar-refractivity contribution in [1.29, 1.82) is 0 Å². The van der Waals surface area contributed by atoms with Gasteiger partial charge < -0.3 is 5.73 Å². The Morgan fingerprint density at radius 1 is 0.773 bits per heavy atom. The molecule has 0 aromatic carbocycles. The Balaban J connectivity index is 6.75. The predicted molar refractivity (Wildman–Crippen MR) is 115 cm³/mol. The summed E-state index contributed by atoms with van der Waals surface area (Å²) >= 11 is 5.86. The summed E-state index contributed by atoms with van der Waals surface area (Å²) in [7, 11) is -1.37. The van der Waals surface area contributed by atoms with Gasteiger partial charge in [-0.1, -0.05) is 67.6 Å². The Hall–Kier alpha value is 0.550. The molecule has 2 nitrogen and oxygen atoms in total. The van der Waals surface area contributed by atoms with Gasteiger partial charge in [0.05, 0.1) is 0 Å². The second-order valence-corrected chi connectivity index (χ2v) is 20.3. The van der Waals surface area contributed by atoms with Gasteiger partial charge in [-0.25, -0.2) is 0 Å². The van der Waals surface area contributed by atoms with Gasteiger partial charge in [0, 0.05) is 0 Å². The highest BCUT2D eigenvalue weighted by Crippen LogP contribution is 2.97. The second kappa shape index (κ2) is 7.20. The van der Waals surface area contributed by atoms with Crippen molar-refractivity contribution in [3.8, 4) is 0 Å². The average Bonchev–Trinajstić information content (AvgIpc) is 2.24. The highest BCUT2D eigenvalue weighted by molar-refractivity contribution is 9.19. The second-order valence-electron chi connectivity index (χ2n) is 9.01. The van der Waals surface area contributed by atoms with Crippen LogP contribution < -0.4 is 10.9 Å². The van der Waals surface area contributed by atoms with Gasteiger partial charge in [-0.3, -0.25) is 5.14 Å². The largest absolute Gasteiger partial charge is 0.386 e. The zero-order valence-corrected chi connectivity index (χ0v) is 18.5. The summed E-state index contributed by atoms with van der Waals surface area (Å²) in [5, 5.41) is 6.57. The molecule has 0 aliphatic carbocycles. The monoisotopic (exact) mass is 368 g/mol. The van der Waals surface area contributed by atoms with E-state index in [1.165, 1.54) is 0 Å². The third kappa shape index (κ3) is 4.14. The molecule has 0 radical (unpaired) electrons. The third-order valence-electron chi connectivity index (χ3n) is 4.32. The topological polar surface area (TPSA) is 52.0 Å². The van der Waals surface area contributed by atoms with E-state index in [4.69, 9.17) is 23.1 Å². The molecule has 0 spiro atoms. The van der Waals surface area contributed by atoms with E-state index in [0.29, 0.717) is 23.7 Å². The average molecular weight is 369 g/mol. The molecule has 0 aromatic heterocycles. The summed E-state index contributed by atoms with van der Waals surface area (Å²) in [6.07, 6.45) is 0. The first kappa shape index (κ1) is 22.6. The molecule has 5 heteroatoms. The highest BCUT2D eigenvalue weighted by Gasteiger charge is 2.64. The first-order valence-electron chi connectivity index (χ1n) is 8.51. The number of rotatable bonds is 9. The van der Waals surface area contributed by atoms with Crippen LogP contribution in [0.4, 0.5) is 0 Å². The van der Waals surface area contributed by atoms with Crippen molar-refractivity contribution in [2.75, 3.05) is 23.0 Å². The Morgan fingerprint density at radius 3 is 1.09 bits per heavy atom. The number of nitrogens with two attached hydrogens (primary N) is 2. The van der Waals surface area contributed by atoms with Crippen LogP contribution in [0.5, 0.6) is 0 Å². The summed E-state index contributed by atoms with van der Waals surface area (Å²) in [6, 6.07) is 0. The zero-order valence-electron chi connectivity index (χ0n) is 16.0. The van der Waals surface area contributed by atoms with Gasteiger partial charge in [-0.2, -0.15) is 7.33 Å². The summed E-state index contributed by atoms with van der Waals surface area (Å²) in [4.78, 5) is 0. The molecule has 0 atom stereocenters. The summed E-state index contributed by atoms with van der Waals surface area (Å²) in [5.74, 6) is 6.39. The van der Waals surface area contributed by atoms with Gasteiger partial charge in [0.1, 0.15) is 4.32 Å². The van der Waals surface area contributed by atoms with E-state index in [1.807, 2.05) is 0 Å². The molecule has 0 heterocycles. The Labute approximate surface area is 147 Å². The van der Waals surface area contributed by atoms with E-state index in [9.17, 15) is 0 Å². The van der Waals surface area contributed by atoms with Crippen molar-refractivity contribution in [2.45, 2.75) is 55.4 Å². The van der Waals surface area contributed by atoms with E-state index in [2.05, 4.69) is 55.4 Å². The lowest BCUT2D eigenvalue weighted by Crippen LogP contribution is -2.58. The smallest absolute Gasteiger partial charge is 0.110 e. The fraction of sp³-hybridized carbons (Fsp3) is 0.941. The minimum atomic E-state index is -2.96. The van der Waals surface area contributed by atoms with Crippen LogP contribution in [0.1, 0.15) is 55.4 Å². The molecule has 0 aliphatic rings. The van der Waals surface area contributed by atoms with Crippen molar-refractivity contribution in [1.82, 2.24) is 0 Å². The van der Waals surface area contributed by atoms with Crippen LogP contribution in [-0.2, 0) is 0 Å². The van der Waals surface area contributed by atoms with Crippen molar-refractivity contribution in [2.24, 2.45) is 34.5 Å². The Bertz CT molecular complexity index is 345. The number of hydrogen-bond donors (Lipinski definition) is 2. The molecule has 0 bridgehead atoms. The van der Waals surface area contributed by atoms with Crippen LogP contribution in [0.15, 0.2) is 0 Å². The quantitative estimate of drug-likeness (QED) is 0.331. The third-order valence-corrected chi connectivity index (χ3v) is 19.0. The van der Waals surface area contributed by atoms with Crippen molar-refractivity contribution >= 4 is 34.8 Å². The fourth-order valence-corrected chi connectivity index (χ4v) is 20.6. The van der Waals surface area contributed by atoms with Gasteiger partial charge in [0.25, 0.3) is 0 Å².